The van der Waals surface area contributed by atoms with E-state index >= 15 is 0 Å². The molecule has 0 saturated heterocycles. The van der Waals surface area contributed by atoms with Crippen molar-refractivity contribution in [2.45, 2.75) is 6.92 Å². The molecule has 2 aromatic carbocycles. The smallest absolute Gasteiger partial charge is 0.364 e. The quantitative estimate of drug-likeness (QED) is 0.665. The van der Waals surface area contributed by atoms with Gasteiger partial charge in [0.1, 0.15) is 24.3 Å². The summed E-state index contributed by atoms with van der Waals surface area (Å²) >= 11 is 0. The summed E-state index contributed by atoms with van der Waals surface area (Å²) in [4.78, 5) is 0. The van der Waals surface area contributed by atoms with Gasteiger partial charge >= 0.3 is 11.3 Å². The van der Waals surface area contributed by atoms with Crippen molar-refractivity contribution >= 4 is 11.0 Å². The Morgan fingerprint density at radius 3 is 2.70 bits per heavy atom. The van der Waals surface area contributed by atoms with E-state index in [1.165, 1.54) is 0 Å². The second-order valence-corrected chi connectivity index (χ2v) is 5.26. The molecule has 0 atom stereocenters. The van der Waals surface area contributed by atoms with Crippen LogP contribution in [-0.4, -0.2) is 19.8 Å². The Balaban J connectivity index is 1.85. The van der Waals surface area contributed by atoms with E-state index in [1.807, 2.05) is 55.5 Å². The van der Waals surface area contributed by atoms with Crippen LogP contribution in [0.2, 0.25) is 0 Å². The number of fused-ring (bicyclic) bond motifs is 2. The van der Waals surface area contributed by atoms with E-state index in [0.717, 1.165) is 39.5 Å². The maximum Gasteiger partial charge on any atom is 0.364 e. The predicted octanol–water partition coefficient (Wildman–Crippen LogP) is 4.55. The zero-order chi connectivity index (χ0) is 15.6. The predicted molar refractivity (Wildman–Crippen MR) is 88.2 cm³/mol. The third-order valence-electron chi connectivity index (χ3n) is 3.76. The van der Waals surface area contributed by atoms with Gasteiger partial charge in [0, 0.05) is 12.1 Å². The Morgan fingerprint density at radius 2 is 1.83 bits per heavy atom. The molecule has 0 radical (unpaired) electrons. The van der Waals surface area contributed by atoms with Crippen LogP contribution < -0.4 is 14.2 Å². The molecule has 3 aromatic rings. The van der Waals surface area contributed by atoms with E-state index in [1.54, 1.807) is 0 Å². The van der Waals surface area contributed by atoms with Crippen LogP contribution in [0.3, 0.4) is 0 Å². The van der Waals surface area contributed by atoms with Crippen molar-refractivity contribution < 1.29 is 18.6 Å². The third kappa shape index (κ3) is 2.57. The summed E-state index contributed by atoms with van der Waals surface area (Å²) in [5, 5.41) is 0.968. The number of para-hydroxylation sites is 1. The minimum Gasteiger partial charge on any atom is -0.493 e. The lowest BCUT2D eigenvalue weighted by Gasteiger charge is -2.18. The van der Waals surface area contributed by atoms with Crippen LogP contribution in [0, 0.1) is 0 Å². The minimum atomic E-state index is 0.565. The van der Waals surface area contributed by atoms with Crippen molar-refractivity contribution in [3.05, 3.63) is 48.5 Å². The van der Waals surface area contributed by atoms with Crippen molar-refractivity contribution in [1.82, 2.24) is 0 Å². The normalized spacial score (nSPS) is 13.1. The molecule has 1 aliphatic rings. The molecule has 116 valence electrons. The largest absolute Gasteiger partial charge is 0.493 e. The number of hydrogen-bond acceptors (Lipinski definition) is 3. The monoisotopic (exact) mass is 309 g/mol. The molecule has 2 heterocycles. The molecule has 4 rings (SSSR count). The summed E-state index contributed by atoms with van der Waals surface area (Å²) in [6.45, 7) is 3.73. The maximum atomic E-state index is 6.05. The SMILES string of the molecule is CCOc1cc(-c2ccc3c(c2)OCCO3)[o+]c2ccccc12. The fourth-order valence-corrected chi connectivity index (χ4v) is 2.72. The van der Waals surface area contributed by atoms with Crippen LogP contribution >= 0.6 is 0 Å². The summed E-state index contributed by atoms with van der Waals surface area (Å²) in [5.74, 6) is 3.07. The lowest BCUT2D eigenvalue weighted by molar-refractivity contribution is 0.171. The van der Waals surface area contributed by atoms with E-state index in [0.29, 0.717) is 19.8 Å². The highest BCUT2D eigenvalue weighted by Gasteiger charge is 2.22. The Kier molecular flexibility index (Phi) is 3.50. The molecular formula is C19H17O4+. The first-order valence-corrected chi connectivity index (χ1v) is 7.74. The molecule has 0 saturated carbocycles. The summed E-state index contributed by atoms with van der Waals surface area (Å²) in [5.41, 5.74) is 1.73. The van der Waals surface area contributed by atoms with Crippen LogP contribution in [0.1, 0.15) is 6.92 Å². The zero-order valence-corrected chi connectivity index (χ0v) is 12.9. The van der Waals surface area contributed by atoms with Crippen molar-refractivity contribution in [2.75, 3.05) is 19.8 Å². The molecule has 0 unspecified atom stereocenters. The molecule has 1 aliphatic heterocycles. The molecule has 0 fully saturated rings. The maximum absolute atomic E-state index is 6.05. The highest BCUT2D eigenvalue weighted by Crippen LogP contribution is 2.37. The molecule has 4 nitrogen and oxygen atoms in total. The van der Waals surface area contributed by atoms with E-state index in [4.69, 9.17) is 18.6 Å². The van der Waals surface area contributed by atoms with Crippen molar-refractivity contribution in [2.24, 2.45) is 0 Å². The molecule has 0 N–H and O–H groups in total. The molecule has 0 bridgehead atoms. The van der Waals surface area contributed by atoms with Gasteiger partial charge < -0.3 is 14.2 Å². The molecule has 0 spiro atoms. The van der Waals surface area contributed by atoms with Crippen molar-refractivity contribution in [1.29, 1.82) is 0 Å². The second kappa shape index (κ2) is 5.80. The van der Waals surface area contributed by atoms with Gasteiger partial charge in [0.05, 0.1) is 18.2 Å². The lowest BCUT2D eigenvalue weighted by atomic mass is 10.1. The van der Waals surface area contributed by atoms with Crippen LogP contribution in [0.4, 0.5) is 0 Å². The highest BCUT2D eigenvalue weighted by molar-refractivity contribution is 5.85. The van der Waals surface area contributed by atoms with E-state index < -0.39 is 0 Å². The van der Waals surface area contributed by atoms with E-state index in [9.17, 15) is 0 Å². The Morgan fingerprint density at radius 1 is 1.00 bits per heavy atom. The van der Waals surface area contributed by atoms with Gasteiger partial charge in [-0.15, -0.1) is 0 Å². The van der Waals surface area contributed by atoms with Gasteiger partial charge in [0.2, 0.25) is 0 Å². The van der Waals surface area contributed by atoms with Gasteiger partial charge in [-0.25, -0.2) is 4.42 Å². The van der Waals surface area contributed by atoms with Crippen LogP contribution in [0.5, 0.6) is 17.2 Å². The Hall–Kier alpha value is -2.75. The minimum absolute atomic E-state index is 0.565. The first-order valence-electron chi connectivity index (χ1n) is 7.74. The van der Waals surface area contributed by atoms with Crippen LogP contribution in [0.15, 0.2) is 52.9 Å². The summed E-state index contributed by atoms with van der Waals surface area (Å²) in [6.07, 6.45) is 0. The first-order chi connectivity index (χ1) is 11.3. The third-order valence-corrected chi connectivity index (χ3v) is 3.76. The Labute approximate surface area is 134 Å². The summed E-state index contributed by atoms with van der Waals surface area (Å²) < 4.78 is 23.0. The van der Waals surface area contributed by atoms with Crippen molar-refractivity contribution in [3.63, 3.8) is 0 Å². The summed E-state index contributed by atoms with van der Waals surface area (Å²) in [7, 11) is 0. The van der Waals surface area contributed by atoms with Gasteiger partial charge in [-0.05, 0) is 25.1 Å². The van der Waals surface area contributed by atoms with Crippen LogP contribution in [0.25, 0.3) is 22.3 Å². The molecule has 1 aromatic heterocycles. The van der Waals surface area contributed by atoms with E-state index in [-0.39, 0.29) is 0 Å². The van der Waals surface area contributed by atoms with Crippen molar-refractivity contribution in [3.8, 4) is 28.6 Å². The standard InChI is InChI=1S/C19H17O4/c1-2-20-18-12-17(23-15-6-4-3-5-14(15)18)13-7-8-16-19(11-13)22-10-9-21-16/h3-8,11-12H,2,9-10H2,1H3/q+1. The van der Waals surface area contributed by atoms with Crippen LogP contribution in [-0.2, 0) is 0 Å². The molecule has 23 heavy (non-hydrogen) atoms. The Bertz CT molecular complexity index is 857. The molecular weight excluding hydrogens is 292 g/mol. The van der Waals surface area contributed by atoms with Gasteiger partial charge in [-0.3, -0.25) is 0 Å². The fraction of sp³-hybridized carbons (Fsp3) is 0.211. The average molecular weight is 309 g/mol. The first kappa shape index (κ1) is 13.9. The zero-order valence-electron chi connectivity index (χ0n) is 12.9. The lowest BCUT2D eigenvalue weighted by Crippen LogP contribution is -2.15. The molecule has 0 amide bonds. The number of benzene rings is 2. The number of hydrogen-bond donors (Lipinski definition) is 0. The fourth-order valence-electron chi connectivity index (χ4n) is 2.72. The number of ether oxygens (including phenoxy) is 3. The van der Waals surface area contributed by atoms with E-state index in [2.05, 4.69) is 0 Å². The second-order valence-electron chi connectivity index (χ2n) is 5.26. The topological polar surface area (TPSA) is 39.0 Å². The van der Waals surface area contributed by atoms with Gasteiger partial charge in [-0.1, -0.05) is 12.1 Å². The van der Waals surface area contributed by atoms with Gasteiger partial charge in [0.15, 0.2) is 11.5 Å². The highest BCUT2D eigenvalue weighted by atomic mass is 16.6. The average Bonchev–Trinajstić information content (AvgIpc) is 2.61. The van der Waals surface area contributed by atoms with Gasteiger partial charge in [-0.2, -0.15) is 0 Å². The van der Waals surface area contributed by atoms with Gasteiger partial charge in [0.25, 0.3) is 0 Å². The number of rotatable bonds is 3. The summed E-state index contributed by atoms with van der Waals surface area (Å²) in [6, 6.07) is 15.6. The molecule has 0 aliphatic carbocycles. The molecule has 4 heteroatoms.